The zero-order chi connectivity index (χ0) is 18.8. The number of para-hydroxylation sites is 2. The van der Waals surface area contributed by atoms with Crippen LogP contribution < -0.4 is 15.4 Å². The zero-order valence-corrected chi connectivity index (χ0v) is 14.7. The highest BCUT2D eigenvalue weighted by Gasteiger charge is 2.32. The van der Waals surface area contributed by atoms with Crippen molar-refractivity contribution in [3.05, 3.63) is 89.5 Å². The summed E-state index contributed by atoms with van der Waals surface area (Å²) in [5.74, 6) is 0.591. The Labute approximate surface area is 157 Å². The molecule has 0 fully saturated rings. The maximum absolute atomic E-state index is 13.1. The van der Waals surface area contributed by atoms with Crippen molar-refractivity contribution in [2.24, 2.45) is 0 Å². The Morgan fingerprint density at radius 2 is 1.37 bits per heavy atom. The van der Waals surface area contributed by atoms with Crippen LogP contribution in [0.15, 0.2) is 72.8 Å². The fraction of sp³-hybridized carbons (Fsp3) is 0.0909. The number of hydrogen-bond donors (Lipinski definition) is 2. The van der Waals surface area contributed by atoms with Gasteiger partial charge in [-0.15, -0.1) is 0 Å². The maximum Gasteiger partial charge on any atom is 0.251 e. The molecule has 134 valence electrons. The summed E-state index contributed by atoms with van der Waals surface area (Å²) in [7, 11) is 1.58. The van der Waals surface area contributed by atoms with Crippen LogP contribution in [0.5, 0.6) is 11.5 Å². The molecule has 0 saturated carbocycles. The van der Waals surface area contributed by atoms with Crippen molar-refractivity contribution in [1.29, 1.82) is 0 Å². The minimum Gasteiger partial charge on any atom is -0.457 e. The number of nitrogens with one attached hydrogen (secondary N) is 2. The number of amides is 2. The van der Waals surface area contributed by atoms with E-state index in [1.165, 1.54) is 0 Å². The molecule has 0 spiro atoms. The quantitative estimate of drug-likeness (QED) is 0.746. The minimum atomic E-state index is -0.468. The Bertz CT molecular complexity index is 967. The van der Waals surface area contributed by atoms with Gasteiger partial charge in [0.05, 0.1) is 5.92 Å². The lowest BCUT2D eigenvalue weighted by Gasteiger charge is -2.27. The molecule has 0 unspecified atom stereocenters. The van der Waals surface area contributed by atoms with E-state index in [0.29, 0.717) is 22.7 Å². The second-order valence-corrected chi connectivity index (χ2v) is 6.26. The molecule has 1 heterocycles. The summed E-state index contributed by atoms with van der Waals surface area (Å²) >= 11 is 0. The van der Waals surface area contributed by atoms with Crippen molar-refractivity contribution >= 4 is 17.5 Å². The molecule has 0 saturated heterocycles. The van der Waals surface area contributed by atoms with E-state index in [4.69, 9.17) is 4.74 Å². The van der Waals surface area contributed by atoms with Crippen molar-refractivity contribution in [1.82, 2.24) is 5.32 Å². The van der Waals surface area contributed by atoms with E-state index in [1.807, 2.05) is 48.5 Å². The van der Waals surface area contributed by atoms with Crippen molar-refractivity contribution in [3.8, 4) is 11.5 Å². The molecule has 5 nitrogen and oxygen atoms in total. The van der Waals surface area contributed by atoms with Crippen molar-refractivity contribution in [2.75, 3.05) is 12.4 Å². The number of carbonyl (C=O) groups excluding carboxylic acids is 2. The number of hydrogen-bond acceptors (Lipinski definition) is 3. The minimum absolute atomic E-state index is 0.147. The van der Waals surface area contributed by atoms with Crippen LogP contribution >= 0.6 is 0 Å². The first-order chi connectivity index (χ1) is 13.2. The summed E-state index contributed by atoms with van der Waals surface area (Å²) in [6.07, 6.45) is 0. The summed E-state index contributed by atoms with van der Waals surface area (Å²) in [4.78, 5) is 24.8. The summed E-state index contributed by atoms with van der Waals surface area (Å²) in [6.45, 7) is 0. The van der Waals surface area contributed by atoms with Crippen LogP contribution in [0.2, 0.25) is 0 Å². The Morgan fingerprint density at radius 3 is 1.93 bits per heavy atom. The highest BCUT2D eigenvalue weighted by Crippen LogP contribution is 2.44. The average Bonchev–Trinajstić information content (AvgIpc) is 2.71. The highest BCUT2D eigenvalue weighted by atomic mass is 16.5. The molecule has 0 bridgehead atoms. The maximum atomic E-state index is 13.1. The molecular weight excluding hydrogens is 340 g/mol. The predicted molar refractivity (Wildman–Crippen MR) is 103 cm³/mol. The van der Waals surface area contributed by atoms with Crippen LogP contribution in [0.4, 0.5) is 5.69 Å². The van der Waals surface area contributed by atoms with Gasteiger partial charge >= 0.3 is 0 Å². The van der Waals surface area contributed by atoms with Crippen LogP contribution in [0.1, 0.15) is 27.4 Å². The van der Waals surface area contributed by atoms with Gasteiger partial charge in [0.15, 0.2) is 0 Å². The van der Waals surface area contributed by atoms with Gasteiger partial charge in [-0.1, -0.05) is 36.4 Å². The van der Waals surface area contributed by atoms with E-state index in [0.717, 1.165) is 11.1 Å². The lowest BCUT2D eigenvalue weighted by atomic mass is 9.87. The SMILES string of the molecule is CNC(=O)c1ccc(NC(=O)C2c3ccccc3Oc3ccccc32)cc1. The summed E-state index contributed by atoms with van der Waals surface area (Å²) in [5, 5.41) is 5.53. The normalized spacial score (nSPS) is 12.3. The Hall–Kier alpha value is -3.60. The van der Waals surface area contributed by atoms with Crippen LogP contribution in [-0.2, 0) is 4.79 Å². The molecule has 0 aliphatic carbocycles. The third-order valence-corrected chi connectivity index (χ3v) is 4.58. The first-order valence-electron chi connectivity index (χ1n) is 8.66. The third kappa shape index (κ3) is 3.15. The molecule has 2 amide bonds. The molecule has 27 heavy (non-hydrogen) atoms. The lowest BCUT2D eigenvalue weighted by Crippen LogP contribution is -2.25. The smallest absolute Gasteiger partial charge is 0.251 e. The molecule has 5 heteroatoms. The number of ether oxygens (including phenoxy) is 1. The van der Waals surface area contributed by atoms with Gasteiger partial charge in [0.1, 0.15) is 11.5 Å². The van der Waals surface area contributed by atoms with Gasteiger partial charge < -0.3 is 15.4 Å². The summed E-state index contributed by atoms with van der Waals surface area (Å²) in [5.41, 5.74) is 2.83. The van der Waals surface area contributed by atoms with E-state index in [-0.39, 0.29) is 11.8 Å². The monoisotopic (exact) mass is 358 g/mol. The van der Waals surface area contributed by atoms with E-state index in [1.54, 1.807) is 31.3 Å². The van der Waals surface area contributed by atoms with Crippen molar-refractivity contribution < 1.29 is 14.3 Å². The Morgan fingerprint density at radius 1 is 0.815 bits per heavy atom. The van der Waals surface area contributed by atoms with Crippen LogP contribution in [-0.4, -0.2) is 18.9 Å². The molecule has 0 atom stereocenters. The molecule has 1 aliphatic rings. The molecule has 0 aromatic heterocycles. The van der Waals surface area contributed by atoms with E-state index >= 15 is 0 Å². The number of rotatable bonds is 3. The average molecular weight is 358 g/mol. The number of benzene rings is 3. The standard InChI is InChI=1S/C22H18N2O3/c1-23-21(25)14-10-12-15(13-11-14)24-22(26)20-16-6-2-4-8-18(16)27-19-9-5-3-7-17(19)20/h2-13,20H,1H3,(H,23,25)(H,24,26). The lowest BCUT2D eigenvalue weighted by molar-refractivity contribution is -0.116. The third-order valence-electron chi connectivity index (χ3n) is 4.58. The fourth-order valence-corrected chi connectivity index (χ4v) is 3.26. The van der Waals surface area contributed by atoms with Gasteiger partial charge in [-0.2, -0.15) is 0 Å². The molecule has 3 aromatic rings. The van der Waals surface area contributed by atoms with Gasteiger partial charge in [-0.05, 0) is 36.4 Å². The Balaban J connectivity index is 1.65. The van der Waals surface area contributed by atoms with E-state index in [9.17, 15) is 9.59 Å². The van der Waals surface area contributed by atoms with E-state index in [2.05, 4.69) is 10.6 Å². The first-order valence-corrected chi connectivity index (χ1v) is 8.66. The van der Waals surface area contributed by atoms with Crippen LogP contribution in [0, 0.1) is 0 Å². The van der Waals surface area contributed by atoms with Gasteiger partial charge in [-0.25, -0.2) is 0 Å². The number of carbonyl (C=O) groups is 2. The Kier molecular flexibility index (Phi) is 4.34. The van der Waals surface area contributed by atoms with Crippen LogP contribution in [0.3, 0.4) is 0 Å². The molecule has 0 radical (unpaired) electrons. The summed E-state index contributed by atoms with van der Waals surface area (Å²) < 4.78 is 5.94. The van der Waals surface area contributed by atoms with Gasteiger partial charge in [-0.3, -0.25) is 9.59 Å². The highest BCUT2D eigenvalue weighted by molar-refractivity contribution is 6.00. The molecule has 3 aromatic carbocycles. The van der Waals surface area contributed by atoms with Crippen molar-refractivity contribution in [2.45, 2.75) is 5.92 Å². The van der Waals surface area contributed by atoms with Gasteiger partial charge in [0.25, 0.3) is 5.91 Å². The van der Waals surface area contributed by atoms with Gasteiger partial charge in [0.2, 0.25) is 5.91 Å². The van der Waals surface area contributed by atoms with Crippen LogP contribution in [0.25, 0.3) is 0 Å². The molecule has 1 aliphatic heterocycles. The second kappa shape index (κ2) is 6.96. The topological polar surface area (TPSA) is 67.4 Å². The fourth-order valence-electron chi connectivity index (χ4n) is 3.26. The summed E-state index contributed by atoms with van der Waals surface area (Å²) in [6, 6.07) is 21.9. The largest absolute Gasteiger partial charge is 0.457 e. The predicted octanol–water partition coefficient (Wildman–Crippen LogP) is 3.92. The molecular formula is C22H18N2O3. The zero-order valence-electron chi connectivity index (χ0n) is 14.7. The second-order valence-electron chi connectivity index (χ2n) is 6.26. The van der Waals surface area contributed by atoms with Crippen molar-refractivity contribution in [3.63, 3.8) is 0 Å². The molecule has 2 N–H and O–H groups in total. The van der Waals surface area contributed by atoms with E-state index < -0.39 is 5.92 Å². The first kappa shape index (κ1) is 16.8. The number of anilines is 1. The van der Waals surface area contributed by atoms with Gasteiger partial charge in [0, 0.05) is 29.4 Å². The number of fused-ring (bicyclic) bond motifs is 2. The molecule has 4 rings (SSSR count).